The summed E-state index contributed by atoms with van der Waals surface area (Å²) in [4.78, 5) is 22.3. The van der Waals surface area contributed by atoms with Crippen LogP contribution in [0.1, 0.15) is 39.5 Å². The Labute approximate surface area is 84.5 Å². The monoisotopic (exact) mass is 198 g/mol. The fourth-order valence-electron chi connectivity index (χ4n) is 2.10. The van der Waals surface area contributed by atoms with Crippen LogP contribution in [-0.4, -0.2) is 16.9 Å². The van der Waals surface area contributed by atoms with Gasteiger partial charge in [0.05, 0.1) is 5.92 Å². The largest absolute Gasteiger partial charge is 0.481 e. The van der Waals surface area contributed by atoms with Gasteiger partial charge in [0, 0.05) is 11.8 Å². The van der Waals surface area contributed by atoms with Crippen LogP contribution in [0.25, 0.3) is 0 Å². The van der Waals surface area contributed by atoms with Gasteiger partial charge in [0.25, 0.3) is 0 Å². The predicted octanol–water partition coefficient (Wildman–Crippen LogP) is 2.10. The number of carboxylic acids is 1. The van der Waals surface area contributed by atoms with Gasteiger partial charge in [-0.3, -0.25) is 9.59 Å². The second-order valence-electron chi connectivity index (χ2n) is 4.44. The summed E-state index contributed by atoms with van der Waals surface area (Å²) in [6.07, 6.45) is 2.85. The number of hydrogen-bond acceptors (Lipinski definition) is 2. The van der Waals surface area contributed by atoms with E-state index in [4.69, 9.17) is 5.11 Å². The van der Waals surface area contributed by atoms with Gasteiger partial charge in [-0.2, -0.15) is 0 Å². The Morgan fingerprint density at radius 1 is 1.07 bits per heavy atom. The summed E-state index contributed by atoms with van der Waals surface area (Å²) in [7, 11) is 0. The lowest BCUT2D eigenvalue weighted by Gasteiger charge is -2.26. The van der Waals surface area contributed by atoms with E-state index in [0.29, 0.717) is 18.6 Å². The van der Waals surface area contributed by atoms with Gasteiger partial charge in [-0.25, -0.2) is 0 Å². The molecule has 1 fully saturated rings. The van der Waals surface area contributed by atoms with Crippen molar-refractivity contribution in [2.75, 3.05) is 0 Å². The number of rotatable bonds is 3. The van der Waals surface area contributed by atoms with Crippen LogP contribution in [0.5, 0.6) is 0 Å². The molecular formula is C11H18O3. The Bertz CT molecular complexity index is 225. The Hall–Kier alpha value is -0.860. The molecule has 0 aromatic rings. The highest BCUT2D eigenvalue weighted by molar-refractivity contribution is 5.83. The van der Waals surface area contributed by atoms with E-state index < -0.39 is 5.97 Å². The van der Waals surface area contributed by atoms with Crippen LogP contribution in [0.2, 0.25) is 0 Å². The van der Waals surface area contributed by atoms with E-state index in [0.717, 1.165) is 12.8 Å². The van der Waals surface area contributed by atoms with Crippen LogP contribution in [0.15, 0.2) is 0 Å². The quantitative estimate of drug-likeness (QED) is 0.755. The van der Waals surface area contributed by atoms with Crippen molar-refractivity contribution < 1.29 is 14.7 Å². The van der Waals surface area contributed by atoms with Crippen LogP contribution in [0.3, 0.4) is 0 Å². The van der Waals surface area contributed by atoms with Gasteiger partial charge < -0.3 is 5.11 Å². The molecule has 0 amide bonds. The summed E-state index contributed by atoms with van der Waals surface area (Å²) in [6, 6.07) is 0. The molecule has 0 bridgehead atoms. The van der Waals surface area contributed by atoms with Crippen molar-refractivity contribution in [3.63, 3.8) is 0 Å². The highest BCUT2D eigenvalue weighted by Crippen LogP contribution is 2.30. The Balaban J connectivity index is 2.43. The van der Waals surface area contributed by atoms with Crippen LogP contribution < -0.4 is 0 Å². The fourth-order valence-corrected chi connectivity index (χ4v) is 2.10. The number of Topliss-reactive ketones (excluding diaryl/α,β-unsaturated/α-hetero) is 1. The lowest BCUT2D eigenvalue weighted by atomic mass is 9.78. The third kappa shape index (κ3) is 2.56. The first-order valence-corrected chi connectivity index (χ1v) is 5.29. The first-order valence-electron chi connectivity index (χ1n) is 5.29. The molecule has 1 rings (SSSR count). The first kappa shape index (κ1) is 11.2. The molecule has 80 valence electrons. The molecule has 0 heterocycles. The highest BCUT2D eigenvalue weighted by atomic mass is 16.4. The van der Waals surface area contributed by atoms with Gasteiger partial charge in [0.1, 0.15) is 5.78 Å². The zero-order valence-electron chi connectivity index (χ0n) is 8.82. The van der Waals surface area contributed by atoms with Gasteiger partial charge >= 0.3 is 5.97 Å². The van der Waals surface area contributed by atoms with E-state index in [9.17, 15) is 9.59 Å². The van der Waals surface area contributed by atoms with Crippen LogP contribution in [0, 0.1) is 17.8 Å². The average Bonchev–Trinajstić information content (AvgIpc) is 2.16. The minimum Gasteiger partial charge on any atom is -0.481 e. The van der Waals surface area contributed by atoms with E-state index in [-0.39, 0.29) is 17.8 Å². The summed E-state index contributed by atoms with van der Waals surface area (Å²) >= 11 is 0. The third-order valence-corrected chi connectivity index (χ3v) is 3.05. The SMILES string of the molecule is CC(C)C(=O)[C@H]1CC[C@H](C(=O)O)CC1. The lowest BCUT2D eigenvalue weighted by molar-refractivity contribution is -0.144. The summed E-state index contributed by atoms with van der Waals surface area (Å²) in [5, 5.41) is 8.79. The van der Waals surface area contributed by atoms with Crippen molar-refractivity contribution in [3.05, 3.63) is 0 Å². The summed E-state index contributed by atoms with van der Waals surface area (Å²) in [5.74, 6) is -0.424. The number of aliphatic carboxylic acids is 1. The van der Waals surface area contributed by atoms with E-state index in [1.807, 2.05) is 13.8 Å². The van der Waals surface area contributed by atoms with Crippen LogP contribution in [0.4, 0.5) is 0 Å². The van der Waals surface area contributed by atoms with Crippen molar-refractivity contribution in [3.8, 4) is 0 Å². The van der Waals surface area contributed by atoms with Crippen molar-refractivity contribution >= 4 is 11.8 Å². The third-order valence-electron chi connectivity index (χ3n) is 3.05. The molecule has 0 aromatic carbocycles. The molecule has 14 heavy (non-hydrogen) atoms. The van der Waals surface area contributed by atoms with Gasteiger partial charge in [-0.15, -0.1) is 0 Å². The van der Waals surface area contributed by atoms with Crippen LogP contribution in [-0.2, 0) is 9.59 Å². The standard InChI is InChI=1S/C11H18O3/c1-7(2)10(12)8-3-5-9(6-4-8)11(13)14/h7-9H,3-6H2,1-2H3,(H,13,14)/t8-,9-. The molecule has 0 saturated heterocycles. The van der Waals surface area contributed by atoms with Gasteiger partial charge in [-0.05, 0) is 25.7 Å². The van der Waals surface area contributed by atoms with E-state index in [1.165, 1.54) is 0 Å². The van der Waals surface area contributed by atoms with E-state index in [1.54, 1.807) is 0 Å². The molecule has 1 aliphatic rings. The first-order chi connectivity index (χ1) is 6.52. The smallest absolute Gasteiger partial charge is 0.306 e. The molecule has 0 radical (unpaired) electrons. The van der Waals surface area contributed by atoms with E-state index in [2.05, 4.69) is 0 Å². The molecule has 1 saturated carbocycles. The number of carbonyl (C=O) groups is 2. The van der Waals surface area contributed by atoms with Crippen molar-refractivity contribution in [1.29, 1.82) is 0 Å². The van der Waals surface area contributed by atoms with Crippen LogP contribution >= 0.6 is 0 Å². The minimum absolute atomic E-state index is 0.0846. The fraction of sp³-hybridized carbons (Fsp3) is 0.818. The molecule has 0 unspecified atom stereocenters. The molecule has 1 N–H and O–H groups in total. The maximum Gasteiger partial charge on any atom is 0.306 e. The zero-order valence-corrected chi connectivity index (χ0v) is 8.82. The second-order valence-corrected chi connectivity index (χ2v) is 4.44. The number of carboxylic acid groups (broad SMARTS) is 1. The number of hydrogen-bond donors (Lipinski definition) is 1. The van der Waals surface area contributed by atoms with Crippen molar-refractivity contribution in [1.82, 2.24) is 0 Å². The van der Waals surface area contributed by atoms with Gasteiger partial charge in [0.15, 0.2) is 0 Å². The molecule has 0 aliphatic heterocycles. The Kier molecular flexibility index (Phi) is 3.67. The lowest BCUT2D eigenvalue weighted by Crippen LogP contribution is -2.28. The molecule has 0 spiro atoms. The number of carbonyl (C=O) groups excluding carboxylic acids is 1. The molecule has 0 atom stereocenters. The molecular weight excluding hydrogens is 180 g/mol. The van der Waals surface area contributed by atoms with Crippen molar-refractivity contribution in [2.24, 2.45) is 17.8 Å². The van der Waals surface area contributed by atoms with Crippen molar-refractivity contribution in [2.45, 2.75) is 39.5 Å². The van der Waals surface area contributed by atoms with E-state index >= 15 is 0 Å². The maximum atomic E-state index is 11.6. The minimum atomic E-state index is -0.708. The maximum absolute atomic E-state index is 11.6. The predicted molar refractivity (Wildman–Crippen MR) is 52.9 cm³/mol. The summed E-state index contributed by atoms with van der Waals surface area (Å²) in [5.41, 5.74) is 0. The highest BCUT2D eigenvalue weighted by Gasteiger charge is 2.30. The average molecular weight is 198 g/mol. The molecule has 1 aliphatic carbocycles. The zero-order chi connectivity index (χ0) is 10.7. The Morgan fingerprint density at radius 3 is 1.86 bits per heavy atom. The summed E-state index contributed by atoms with van der Waals surface area (Å²) < 4.78 is 0. The molecule has 0 aromatic heterocycles. The number of ketones is 1. The van der Waals surface area contributed by atoms with Gasteiger partial charge in [0.2, 0.25) is 0 Å². The molecule has 3 heteroatoms. The normalized spacial score (nSPS) is 27.6. The second kappa shape index (κ2) is 4.58. The topological polar surface area (TPSA) is 54.4 Å². The molecule has 3 nitrogen and oxygen atoms in total. The summed E-state index contributed by atoms with van der Waals surface area (Å²) in [6.45, 7) is 3.82. The Morgan fingerprint density at radius 2 is 1.50 bits per heavy atom. The van der Waals surface area contributed by atoms with Gasteiger partial charge in [-0.1, -0.05) is 13.8 Å².